The molecule has 3 aromatic rings. The molecule has 0 amide bonds. The number of para-hydroxylation sites is 1. The Morgan fingerprint density at radius 2 is 2.17 bits per heavy atom. The third-order valence-electron chi connectivity index (χ3n) is 3.78. The van der Waals surface area contributed by atoms with Gasteiger partial charge in [-0.3, -0.25) is 4.57 Å². The molecule has 0 bridgehead atoms. The minimum absolute atomic E-state index is 0.0533. The van der Waals surface area contributed by atoms with Crippen molar-refractivity contribution in [3.63, 3.8) is 0 Å². The number of nitrogens with one attached hydrogen (secondary N) is 1. The highest BCUT2D eigenvalue weighted by atomic mass is 35.5. The van der Waals surface area contributed by atoms with E-state index in [0.717, 1.165) is 25.1 Å². The summed E-state index contributed by atoms with van der Waals surface area (Å²) in [5.74, 6) is 0.698. The average molecular weight is 331 g/mol. The van der Waals surface area contributed by atoms with Crippen LogP contribution in [0.5, 0.6) is 0 Å². The number of nitrogen functional groups attached to an aromatic ring is 1. The van der Waals surface area contributed by atoms with Gasteiger partial charge < -0.3 is 15.8 Å². The van der Waals surface area contributed by atoms with Crippen LogP contribution >= 0.6 is 11.6 Å². The summed E-state index contributed by atoms with van der Waals surface area (Å²) in [5.41, 5.74) is 7.89. The van der Waals surface area contributed by atoms with Crippen molar-refractivity contribution in [3.05, 3.63) is 35.6 Å². The molecule has 1 fully saturated rings. The molecule has 2 aromatic heterocycles. The highest BCUT2D eigenvalue weighted by molar-refractivity contribution is 6.33. The van der Waals surface area contributed by atoms with E-state index in [4.69, 9.17) is 22.1 Å². The minimum atomic E-state index is -0.0533. The fourth-order valence-corrected chi connectivity index (χ4v) is 2.88. The average Bonchev–Trinajstić information content (AvgIpc) is 3.18. The van der Waals surface area contributed by atoms with Crippen LogP contribution in [-0.4, -0.2) is 26.1 Å². The van der Waals surface area contributed by atoms with E-state index in [-0.39, 0.29) is 12.2 Å². The van der Waals surface area contributed by atoms with Gasteiger partial charge in [-0.05, 0) is 25.0 Å². The molecule has 7 nitrogen and oxygen atoms in total. The Kier molecular flexibility index (Phi) is 3.51. The Morgan fingerprint density at radius 1 is 1.30 bits per heavy atom. The zero-order chi connectivity index (χ0) is 15.8. The Labute approximate surface area is 137 Å². The Bertz CT molecular complexity index is 858. The van der Waals surface area contributed by atoms with Gasteiger partial charge in [0.25, 0.3) is 0 Å². The van der Waals surface area contributed by atoms with E-state index < -0.39 is 0 Å². The first-order valence-electron chi connectivity index (χ1n) is 7.35. The van der Waals surface area contributed by atoms with Gasteiger partial charge in [-0.15, -0.1) is 0 Å². The van der Waals surface area contributed by atoms with Crippen molar-refractivity contribution in [1.29, 1.82) is 0 Å². The molecule has 1 atom stereocenters. The summed E-state index contributed by atoms with van der Waals surface area (Å²) in [6.45, 7) is 0.746. The third kappa shape index (κ3) is 2.58. The van der Waals surface area contributed by atoms with Crippen LogP contribution in [0.25, 0.3) is 11.2 Å². The van der Waals surface area contributed by atoms with Crippen molar-refractivity contribution < 1.29 is 4.74 Å². The van der Waals surface area contributed by atoms with Crippen molar-refractivity contribution in [3.8, 4) is 0 Å². The van der Waals surface area contributed by atoms with E-state index in [1.807, 2.05) is 22.8 Å². The summed E-state index contributed by atoms with van der Waals surface area (Å²) in [5, 5.41) is 3.77. The van der Waals surface area contributed by atoms with Crippen LogP contribution in [0.1, 0.15) is 19.1 Å². The smallest absolute Gasteiger partial charge is 0.224 e. The highest BCUT2D eigenvalue weighted by Gasteiger charge is 2.22. The molecule has 1 aliphatic rings. The van der Waals surface area contributed by atoms with Gasteiger partial charge in [0.2, 0.25) is 5.95 Å². The van der Waals surface area contributed by atoms with Crippen LogP contribution in [0.4, 0.5) is 17.5 Å². The number of anilines is 3. The molecular formula is C15H15ClN6O. The molecule has 0 saturated carbocycles. The maximum Gasteiger partial charge on any atom is 0.224 e. The standard InChI is InChI=1S/C15H15ClN6O/c16-9-4-1-2-5-10(9)19-13-12-14(21-15(17)20-13)22(8-18-12)11-6-3-7-23-11/h1-2,4-5,8,11H,3,6-7H2,(H3,17,19,20,21). The van der Waals surface area contributed by atoms with Crippen molar-refractivity contribution in [2.75, 3.05) is 17.7 Å². The lowest BCUT2D eigenvalue weighted by molar-refractivity contribution is 0.0593. The Morgan fingerprint density at radius 3 is 2.96 bits per heavy atom. The van der Waals surface area contributed by atoms with Gasteiger partial charge in [0.05, 0.1) is 17.0 Å². The first-order valence-corrected chi connectivity index (χ1v) is 7.73. The van der Waals surface area contributed by atoms with Crippen LogP contribution in [0.3, 0.4) is 0 Å². The Balaban J connectivity index is 1.79. The van der Waals surface area contributed by atoms with Gasteiger partial charge in [-0.25, -0.2) is 4.98 Å². The molecular weight excluding hydrogens is 316 g/mol. The predicted octanol–water partition coefficient (Wildman–Crippen LogP) is 3.11. The number of rotatable bonds is 3. The molecule has 0 spiro atoms. The fourth-order valence-electron chi connectivity index (χ4n) is 2.70. The van der Waals surface area contributed by atoms with Gasteiger partial charge in [0, 0.05) is 6.61 Å². The molecule has 1 saturated heterocycles. The largest absolute Gasteiger partial charge is 0.368 e. The number of hydrogen-bond acceptors (Lipinski definition) is 6. The molecule has 0 aliphatic carbocycles. The topological polar surface area (TPSA) is 90.9 Å². The normalized spacial score (nSPS) is 17.7. The van der Waals surface area contributed by atoms with Crippen LogP contribution < -0.4 is 11.1 Å². The summed E-state index contributed by atoms with van der Waals surface area (Å²) in [4.78, 5) is 13.0. The van der Waals surface area contributed by atoms with Crippen LogP contribution in [0.15, 0.2) is 30.6 Å². The van der Waals surface area contributed by atoms with Gasteiger partial charge in [0.15, 0.2) is 17.0 Å². The second kappa shape index (κ2) is 5.68. The number of imidazole rings is 1. The first kappa shape index (κ1) is 14.2. The van der Waals surface area contributed by atoms with Gasteiger partial charge >= 0.3 is 0 Å². The molecule has 1 aromatic carbocycles. The van der Waals surface area contributed by atoms with E-state index in [0.29, 0.717) is 22.0 Å². The molecule has 0 radical (unpaired) electrons. The summed E-state index contributed by atoms with van der Waals surface area (Å²) in [6, 6.07) is 7.42. The van der Waals surface area contributed by atoms with Gasteiger partial charge in [-0.2, -0.15) is 9.97 Å². The zero-order valence-electron chi connectivity index (χ0n) is 12.2. The minimum Gasteiger partial charge on any atom is -0.368 e. The lowest BCUT2D eigenvalue weighted by atomic mass is 10.3. The molecule has 8 heteroatoms. The molecule has 23 heavy (non-hydrogen) atoms. The predicted molar refractivity (Wildman–Crippen MR) is 88.7 cm³/mol. The van der Waals surface area contributed by atoms with E-state index in [9.17, 15) is 0 Å². The molecule has 3 N–H and O–H groups in total. The maximum atomic E-state index is 6.19. The third-order valence-corrected chi connectivity index (χ3v) is 4.11. The second-order valence-corrected chi connectivity index (χ2v) is 5.73. The van der Waals surface area contributed by atoms with Gasteiger partial charge in [0.1, 0.15) is 6.23 Å². The summed E-state index contributed by atoms with van der Waals surface area (Å²) in [7, 11) is 0. The van der Waals surface area contributed by atoms with Crippen molar-refractivity contribution in [2.24, 2.45) is 0 Å². The number of halogens is 1. The van der Waals surface area contributed by atoms with E-state index >= 15 is 0 Å². The number of ether oxygens (including phenoxy) is 1. The fraction of sp³-hybridized carbons (Fsp3) is 0.267. The van der Waals surface area contributed by atoms with E-state index in [1.54, 1.807) is 12.4 Å². The SMILES string of the molecule is Nc1nc(Nc2ccccc2Cl)c2ncn(C3CCCO3)c2n1. The molecule has 1 unspecified atom stereocenters. The van der Waals surface area contributed by atoms with Crippen molar-refractivity contribution >= 4 is 40.2 Å². The second-order valence-electron chi connectivity index (χ2n) is 5.33. The summed E-state index contributed by atoms with van der Waals surface area (Å²) < 4.78 is 7.60. The highest BCUT2D eigenvalue weighted by Crippen LogP contribution is 2.31. The van der Waals surface area contributed by atoms with Crippen LogP contribution in [0, 0.1) is 0 Å². The van der Waals surface area contributed by atoms with E-state index in [2.05, 4.69) is 20.3 Å². The molecule has 118 valence electrons. The van der Waals surface area contributed by atoms with E-state index in [1.165, 1.54) is 0 Å². The maximum absolute atomic E-state index is 6.19. The van der Waals surface area contributed by atoms with Crippen LogP contribution in [-0.2, 0) is 4.74 Å². The molecule has 3 heterocycles. The van der Waals surface area contributed by atoms with Gasteiger partial charge in [-0.1, -0.05) is 23.7 Å². The number of hydrogen-bond donors (Lipinski definition) is 2. The quantitative estimate of drug-likeness (QED) is 0.766. The summed E-state index contributed by atoms with van der Waals surface area (Å²) in [6.07, 6.45) is 3.62. The molecule has 1 aliphatic heterocycles. The number of aromatic nitrogens is 4. The van der Waals surface area contributed by atoms with Crippen molar-refractivity contribution in [2.45, 2.75) is 19.1 Å². The lowest BCUT2D eigenvalue weighted by Crippen LogP contribution is -2.08. The Hall–Kier alpha value is -2.38. The number of fused-ring (bicyclic) bond motifs is 1. The zero-order valence-corrected chi connectivity index (χ0v) is 13.0. The number of nitrogens with zero attached hydrogens (tertiary/aromatic N) is 4. The van der Waals surface area contributed by atoms with Crippen LogP contribution in [0.2, 0.25) is 5.02 Å². The number of nitrogens with two attached hydrogens (primary N) is 1. The van der Waals surface area contributed by atoms with Crippen molar-refractivity contribution in [1.82, 2.24) is 19.5 Å². The monoisotopic (exact) mass is 330 g/mol. The summed E-state index contributed by atoms with van der Waals surface area (Å²) >= 11 is 6.19. The first-order chi connectivity index (χ1) is 11.2. The number of benzene rings is 1. The molecule has 4 rings (SSSR count). The lowest BCUT2D eigenvalue weighted by Gasteiger charge is -2.12.